The van der Waals surface area contributed by atoms with Crippen LogP contribution in [0.25, 0.3) is 5.69 Å². The van der Waals surface area contributed by atoms with Crippen LogP contribution in [0.4, 0.5) is 4.39 Å². The van der Waals surface area contributed by atoms with Gasteiger partial charge in [-0.25, -0.2) is 9.07 Å². The van der Waals surface area contributed by atoms with Crippen LogP contribution in [0.5, 0.6) is 0 Å². The van der Waals surface area contributed by atoms with Gasteiger partial charge in [0.25, 0.3) is 0 Å². The Hall–Kier alpha value is -2.75. The number of carbonyl (C=O) groups excluding carboxylic acids is 1. The quantitative estimate of drug-likeness (QED) is 0.674. The highest BCUT2D eigenvalue weighted by atomic mass is 19.1. The molecule has 1 aliphatic carbocycles. The summed E-state index contributed by atoms with van der Waals surface area (Å²) in [6.45, 7) is 2.06. The first-order chi connectivity index (χ1) is 12.7. The lowest BCUT2D eigenvalue weighted by Gasteiger charge is -2.21. The molecule has 1 aromatic heterocycles. The van der Waals surface area contributed by atoms with Crippen molar-refractivity contribution in [2.24, 2.45) is 0 Å². The smallest absolute Gasteiger partial charge is 0.167 e. The molecule has 0 saturated heterocycles. The van der Waals surface area contributed by atoms with Crippen molar-refractivity contribution in [1.82, 2.24) is 9.78 Å². The first-order valence-corrected chi connectivity index (χ1v) is 9.12. The van der Waals surface area contributed by atoms with Crippen molar-refractivity contribution < 1.29 is 9.18 Å². The van der Waals surface area contributed by atoms with Crippen LogP contribution in [0.3, 0.4) is 0 Å². The SMILES string of the molecule is CCCc1c2c(nn1-c1ccccc1F)CC(c1ccccc1)CC2=O. The van der Waals surface area contributed by atoms with Crippen molar-refractivity contribution in [3.05, 3.63) is 82.9 Å². The molecular weight excluding hydrogens is 327 g/mol. The zero-order valence-corrected chi connectivity index (χ0v) is 14.8. The molecule has 0 aliphatic heterocycles. The maximum Gasteiger partial charge on any atom is 0.167 e. The lowest BCUT2D eigenvalue weighted by molar-refractivity contribution is 0.0963. The van der Waals surface area contributed by atoms with Crippen LogP contribution in [0, 0.1) is 5.82 Å². The number of halogens is 1. The summed E-state index contributed by atoms with van der Waals surface area (Å²) in [6, 6.07) is 16.7. The third kappa shape index (κ3) is 2.85. The van der Waals surface area contributed by atoms with Gasteiger partial charge < -0.3 is 0 Å². The van der Waals surface area contributed by atoms with E-state index in [1.54, 1.807) is 22.9 Å². The molecule has 0 spiro atoms. The van der Waals surface area contributed by atoms with E-state index in [-0.39, 0.29) is 17.5 Å². The van der Waals surface area contributed by atoms with Gasteiger partial charge in [-0.15, -0.1) is 0 Å². The number of aromatic nitrogens is 2. The van der Waals surface area contributed by atoms with E-state index in [0.717, 1.165) is 23.4 Å². The molecule has 3 nitrogen and oxygen atoms in total. The molecule has 0 N–H and O–H groups in total. The number of Topliss-reactive ketones (excluding diaryl/α,β-unsaturated/α-hetero) is 1. The third-order valence-electron chi connectivity index (χ3n) is 5.04. The zero-order valence-electron chi connectivity index (χ0n) is 14.8. The number of benzene rings is 2. The van der Waals surface area contributed by atoms with Crippen LogP contribution in [0.15, 0.2) is 54.6 Å². The molecule has 0 bridgehead atoms. The summed E-state index contributed by atoms with van der Waals surface area (Å²) in [7, 11) is 0. The van der Waals surface area contributed by atoms with Gasteiger partial charge >= 0.3 is 0 Å². The van der Waals surface area contributed by atoms with E-state index in [9.17, 15) is 9.18 Å². The summed E-state index contributed by atoms with van der Waals surface area (Å²) in [5, 5.41) is 4.68. The van der Waals surface area contributed by atoms with Crippen molar-refractivity contribution in [2.45, 2.75) is 38.5 Å². The second kappa shape index (κ2) is 6.87. The number of hydrogen-bond donors (Lipinski definition) is 0. The molecule has 4 heteroatoms. The van der Waals surface area contributed by atoms with E-state index in [1.165, 1.54) is 6.07 Å². The molecule has 3 aromatic rings. The molecule has 0 radical (unpaired) electrons. The van der Waals surface area contributed by atoms with E-state index in [4.69, 9.17) is 0 Å². The fourth-order valence-corrected chi connectivity index (χ4v) is 3.85. The fraction of sp³-hybridized carbons (Fsp3) is 0.273. The molecule has 4 rings (SSSR count). The Morgan fingerprint density at radius 2 is 1.81 bits per heavy atom. The van der Waals surface area contributed by atoms with Gasteiger partial charge in [0, 0.05) is 6.42 Å². The third-order valence-corrected chi connectivity index (χ3v) is 5.04. The van der Waals surface area contributed by atoms with E-state index < -0.39 is 0 Å². The minimum absolute atomic E-state index is 0.117. The Balaban J connectivity index is 1.81. The lowest BCUT2D eigenvalue weighted by Crippen LogP contribution is -2.19. The minimum Gasteiger partial charge on any atom is -0.294 e. The molecule has 26 heavy (non-hydrogen) atoms. The minimum atomic E-state index is -0.322. The summed E-state index contributed by atoms with van der Waals surface area (Å²) < 4.78 is 16.0. The van der Waals surface area contributed by atoms with Crippen LogP contribution in [0.2, 0.25) is 0 Å². The Kier molecular flexibility index (Phi) is 4.41. The molecule has 1 atom stereocenters. The highest BCUT2D eigenvalue weighted by Gasteiger charge is 2.32. The van der Waals surface area contributed by atoms with Gasteiger partial charge in [0.15, 0.2) is 5.78 Å². The van der Waals surface area contributed by atoms with Gasteiger partial charge in [-0.1, -0.05) is 55.8 Å². The van der Waals surface area contributed by atoms with Gasteiger partial charge in [-0.05, 0) is 36.5 Å². The largest absolute Gasteiger partial charge is 0.294 e. The second-order valence-electron chi connectivity index (χ2n) is 6.82. The average Bonchev–Trinajstić information content (AvgIpc) is 3.02. The summed E-state index contributed by atoms with van der Waals surface area (Å²) in [6.07, 6.45) is 2.78. The maximum atomic E-state index is 14.4. The molecule has 1 heterocycles. The Morgan fingerprint density at radius 3 is 2.54 bits per heavy atom. The Morgan fingerprint density at radius 1 is 1.08 bits per heavy atom. The van der Waals surface area contributed by atoms with Crippen molar-refractivity contribution in [2.75, 3.05) is 0 Å². The summed E-state index contributed by atoms with van der Waals surface area (Å²) in [5.74, 6) is -0.0717. The molecule has 132 valence electrons. The van der Waals surface area contributed by atoms with E-state index in [1.807, 2.05) is 18.2 Å². The van der Waals surface area contributed by atoms with Crippen molar-refractivity contribution in [3.63, 3.8) is 0 Å². The Labute approximate surface area is 152 Å². The summed E-state index contributed by atoms with van der Waals surface area (Å²) in [5.41, 5.74) is 3.91. The zero-order chi connectivity index (χ0) is 18.1. The average molecular weight is 348 g/mol. The second-order valence-corrected chi connectivity index (χ2v) is 6.82. The fourth-order valence-electron chi connectivity index (χ4n) is 3.85. The Bertz CT molecular complexity index is 946. The summed E-state index contributed by atoms with van der Waals surface area (Å²) in [4.78, 5) is 12.9. The normalized spacial score (nSPS) is 16.5. The number of carbonyl (C=O) groups is 1. The van der Waals surface area contributed by atoms with Crippen LogP contribution >= 0.6 is 0 Å². The van der Waals surface area contributed by atoms with E-state index in [0.29, 0.717) is 30.5 Å². The van der Waals surface area contributed by atoms with E-state index in [2.05, 4.69) is 24.2 Å². The van der Waals surface area contributed by atoms with Gasteiger partial charge in [0.05, 0.1) is 17.0 Å². The van der Waals surface area contributed by atoms with Gasteiger partial charge in [-0.3, -0.25) is 4.79 Å². The van der Waals surface area contributed by atoms with Crippen LogP contribution < -0.4 is 0 Å². The lowest BCUT2D eigenvalue weighted by atomic mass is 9.81. The topological polar surface area (TPSA) is 34.9 Å². The first-order valence-electron chi connectivity index (χ1n) is 9.12. The monoisotopic (exact) mass is 348 g/mol. The van der Waals surface area contributed by atoms with E-state index >= 15 is 0 Å². The van der Waals surface area contributed by atoms with Crippen molar-refractivity contribution in [1.29, 1.82) is 0 Å². The molecule has 1 aliphatic rings. The van der Waals surface area contributed by atoms with Crippen molar-refractivity contribution in [3.8, 4) is 5.69 Å². The van der Waals surface area contributed by atoms with Crippen LogP contribution in [-0.2, 0) is 12.8 Å². The number of rotatable bonds is 4. The van der Waals surface area contributed by atoms with Crippen molar-refractivity contribution >= 4 is 5.78 Å². The predicted molar refractivity (Wildman–Crippen MR) is 99.4 cm³/mol. The maximum absolute atomic E-state index is 14.4. The van der Waals surface area contributed by atoms with Crippen LogP contribution in [-0.4, -0.2) is 15.6 Å². The molecule has 0 amide bonds. The number of nitrogens with zero attached hydrogens (tertiary/aromatic N) is 2. The number of ketones is 1. The van der Waals surface area contributed by atoms with Gasteiger partial charge in [0.1, 0.15) is 11.5 Å². The highest BCUT2D eigenvalue weighted by Crippen LogP contribution is 2.35. The predicted octanol–water partition coefficient (Wildman–Crippen LogP) is 4.88. The number of fused-ring (bicyclic) bond motifs is 1. The number of hydrogen-bond acceptors (Lipinski definition) is 2. The molecule has 0 fully saturated rings. The summed E-state index contributed by atoms with van der Waals surface area (Å²) >= 11 is 0. The standard InChI is InChI=1S/C22H21FN2O/c1-2-8-20-22-18(24-25(20)19-12-7-6-11-17(19)23)13-16(14-21(22)26)15-9-4-3-5-10-15/h3-7,9-12,16H,2,8,13-14H2,1H3. The highest BCUT2D eigenvalue weighted by molar-refractivity contribution is 6.00. The van der Waals surface area contributed by atoms with Crippen LogP contribution in [0.1, 0.15) is 53.0 Å². The van der Waals surface area contributed by atoms with Gasteiger partial charge in [0.2, 0.25) is 0 Å². The number of para-hydroxylation sites is 1. The first kappa shape index (κ1) is 16.7. The van der Waals surface area contributed by atoms with Gasteiger partial charge in [-0.2, -0.15) is 5.10 Å². The molecule has 0 saturated carbocycles. The molecule has 2 aromatic carbocycles. The molecule has 1 unspecified atom stereocenters. The molecular formula is C22H21FN2O.